The van der Waals surface area contributed by atoms with Gasteiger partial charge in [0.15, 0.2) is 0 Å². The zero-order valence-corrected chi connectivity index (χ0v) is 15.0. The molecule has 0 atom stereocenters. The number of fused-ring (bicyclic) bond motifs is 1. The van der Waals surface area contributed by atoms with E-state index in [2.05, 4.69) is 10.4 Å². The Balaban J connectivity index is 1.53. The van der Waals surface area contributed by atoms with Crippen LogP contribution in [0.5, 0.6) is 0 Å². The Labute approximate surface area is 161 Å². The van der Waals surface area contributed by atoms with Crippen LogP contribution in [-0.2, 0) is 17.8 Å². The molecule has 2 aromatic carbocycles. The number of carbonyl (C=O) groups is 2. The molecule has 0 spiro atoms. The van der Waals surface area contributed by atoms with Crippen molar-refractivity contribution in [2.75, 3.05) is 16.8 Å². The van der Waals surface area contributed by atoms with Gasteiger partial charge in [-0.05, 0) is 36.2 Å². The molecule has 7 nitrogen and oxygen atoms in total. The number of nitrogens with zero attached hydrogens (tertiary/aromatic N) is 3. The molecule has 1 aliphatic heterocycles. The maximum atomic E-state index is 12.9. The maximum absolute atomic E-state index is 12.9. The lowest BCUT2D eigenvalue weighted by molar-refractivity contribution is -0.117. The fourth-order valence-corrected chi connectivity index (χ4v) is 3.22. The van der Waals surface area contributed by atoms with Gasteiger partial charge in [-0.15, -0.1) is 0 Å². The van der Waals surface area contributed by atoms with Crippen molar-refractivity contribution in [1.82, 2.24) is 9.78 Å². The fourth-order valence-electron chi connectivity index (χ4n) is 3.22. The predicted molar refractivity (Wildman–Crippen MR) is 105 cm³/mol. The van der Waals surface area contributed by atoms with Crippen LogP contribution >= 0.6 is 0 Å². The number of carbonyl (C=O) groups excluding carboxylic acids is 2. The molecule has 0 saturated carbocycles. The van der Waals surface area contributed by atoms with Gasteiger partial charge in [0.2, 0.25) is 5.91 Å². The van der Waals surface area contributed by atoms with Crippen LogP contribution in [0.25, 0.3) is 0 Å². The highest BCUT2D eigenvalue weighted by Crippen LogP contribution is 2.28. The Bertz CT molecular complexity index is 1090. The maximum Gasteiger partial charge on any atom is 0.278 e. The first-order valence-corrected chi connectivity index (χ1v) is 8.95. The van der Waals surface area contributed by atoms with E-state index in [0.717, 1.165) is 22.4 Å². The molecule has 0 aliphatic carbocycles. The van der Waals surface area contributed by atoms with Crippen molar-refractivity contribution in [3.05, 3.63) is 88.3 Å². The van der Waals surface area contributed by atoms with Gasteiger partial charge in [0.05, 0.1) is 0 Å². The van der Waals surface area contributed by atoms with Crippen molar-refractivity contribution in [2.24, 2.45) is 0 Å². The molecule has 0 saturated heterocycles. The molecule has 140 valence electrons. The van der Waals surface area contributed by atoms with E-state index in [9.17, 15) is 14.4 Å². The first-order chi connectivity index (χ1) is 13.6. The third kappa shape index (κ3) is 3.55. The van der Waals surface area contributed by atoms with Gasteiger partial charge in [0, 0.05) is 24.0 Å². The number of para-hydroxylation sites is 2. The van der Waals surface area contributed by atoms with Crippen LogP contribution in [-0.4, -0.2) is 28.1 Å². The van der Waals surface area contributed by atoms with Crippen LogP contribution in [0.1, 0.15) is 16.1 Å². The molecule has 0 unspecified atom stereocenters. The number of aromatic nitrogens is 2. The Morgan fingerprint density at radius 1 is 0.964 bits per heavy atom. The second-order valence-corrected chi connectivity index (χ2v) is 6.46. The molecule has 2 amide bonds. The summed E-state index contributed by atoms with van der Waals surface area (Å²) >= 11 is 0. The van der Waals surface area contributed by atoms with Crippen molar-refractivity contribution in [3.63, 3.8) is 0 Å². The summed E-state index contributed by atoms with van der Waals surface area (Å²) in [5.74, 6) is -0.681. The largest absolute Gasteiger partial charge is 0.324 e. The molecular formula is C21H18N4O3. The van der Waals surface area contributed by atoms with Gasteiger partial charge in [-0.25, -0.2) is 4.68 Å². The van der Waals surface area contributed by atoms with Crippen LogP contribution in [0.15, 0.2) is 71.5 Å². The Morgan fingerprint density at radius 2 is 1.71 bits per heavy atom. The van der Waals surface area contributed by atoms with Crippen LogP contribution in [0.4, 0.5) is 11.4 Å². The highest BCUT2D eigenvalue weighted by molar-refractivity contribution is 6.05. The van der Waals surface area contributed by atoms with Crippen molar-refractivity contribution < 1.29 is 9.59 Å². The summed E-state index contributed by atoms with van der Waals surface area (Å²) < 4.78 is 1.01. The molecular weight excluding hydrogens is 356 g/mol. The van der Waals surface area contributed by atoms with E-state index in [-0.39, 0.29) is 18.1 Å². The number of nitrogens with one attached hydrogen (secondary N) is 1. The Hall–Kier alpha value is -3.74. The summed E-state index contributed by atoms with van der Waals surface area (Å²) in [7, 11) is 0. The second-order valence-electron chi connectivity index (χ2n) is 6.46. The average molecular weight is 374 g/mol. The van der Waals surface area contributed by atoms with Crippen LogP contribution in [0, 0.1) is 0 Å². The Kier molecular flexibility index (Phi) is 4.72. The lowest BCUT2D eigenvalue weighted by atomic mass is 10.2. The summed E-state index contributed by atoms with van der Waals surface area (Å²) in [6, 6.07) is 19.3. The van der Waals surface area contributed by atoms with Crippen molar-refractivity contribution in [3.8, 4) is 0 Å². The molecule has 1 aromatic heterocycles. The topological polar surface area (TPSA) is 84.3 Å². The average Bonchev–Trinajstić information content (AvgIpc) is 3.14. The first kappa shape index (κ1) is 17.7. The highest BCUT2D eigenvalue weighted by Gasteiger charge is 2.26. The van der Waals surface area contributed by atoms with E-state index < -0.39 is 11.5 Å². The minimum Gasteiger partial charge on any atom is -0.324 e. The lowest BCUT2D eigenvalue weighted by Gasteiger charge is -2.17. The van der Waals surface area contributed by atoms with E-state index in [1.807, 2.05) is 30.3 Å². The first-order valence-electron chi connectivity index (χ1n) is 8.95. The van der Waals surface area contributed by atoms with Gasteiger partial charge in [-0.3, -0.25) is 14.4 Å². The van der Waals surface area contributed by atoms with Crippen molar-refractivity contribution in [2.45, 2.75) is 13.0 Å². The molecule has 0 fully saturated rings. The van der Waals surface area contributed by atoms with E-state index in [1.165, 1.54) is 12.1 Å². The van der Waals surface area contributed by atoms with Gasteiger partial charge in [0.1, 0.15) is 12.2 Å². The third-order valence-corrected chi connectivity index (χ3v) is 4.57. The summed E-state index contributed by atoms with van der Waals surface area (Å²) in [5.41, 5.74) is 2.27. The van der Waals surface area contributed by atoms with Crippen molar-refractivity contribution in [1.29, 1.82) is 0 Å². The highest BCUT2D eigenvalue weighted by atomic mass is 16.2. The van der Waals surface area contributed by atoms with Crippen LogP contribution in [0.3, 0.4) is 0 Å². The van der Waals surface area contributed by atoms with E-state index in [4.69, 9.17) is 0 Å². The number of amides is 2. The smallest absolute Gasteiger partial charge is 0.278 e. The summed E-state index contributed by atoms with van der Waals surface area (Å²) in [6.45, 7) is 0.291. The number of benzene rings is 2. The number of rotatable bonds is 4. The van der Waals surface area contributed by atoms with Gasteiger partial charge < -0.3 is 10.2 Å². The van der Waals surface area contributed by atoms with E-state index >= 15 is 0 Å². The molecule has 4 rings (SSSR count). The van der Waals surface area contributed by atoms with E-state index in [1.54, 1.807) is 29.2 Å². The predicted octanol–water partition coefficient (Wildman–Crippen LogP) is 2.08. The van der Waals surface area contributed by atoms with Gasteiger partial charge >= 0.3 is 0 Å². The van der Waals surface area contributed by atoms with Gasteiger partial charge in [0.25, 0.3) is 11.5 Å². The fraction of sp³-hybridized carbons (Fsp3) is 0.143. The van der Waals surface area contributed by atoms with Crippen molar-refractivity contribution >= 4 is 23.2 Å². The summed E-state index contributed by atoms with van der Waals surface area (Å²) in [6.07, 6.45) is 0.779. The molecule has 2 heterocycles. The zero-order chi connectivity index (χ0) is 19.5. The van der Waals surface area contributed by atoms with E-state index in [0.29, 0.717) is 12.2 Å². The monoisotopic (exact) mass is 374 g/mol. The minimum atomic E-state index is -0.443. The van der Waals surface area contributed by atoms with Crippen LogP contribution < -0.4 is 15.8 Å². The normalized spacial score (nSPS) is 12.5. The molecule has 7 heteroatoms. The molecule has 0 bridgehead atoms. The molecule has 1 aliphatic rings. The third-order valence-electron chi connectivity index (χ3n) is 4.57. The van der Waals surface area contributed by atoms with Crippen LogP contribution in [0.2, 0.25) is 0 Å². The minimum absolute atomic E-state index is 0.129. The quantitative estimate of drug-likeness (QED) is 0.758. The number of hydrogen-bond donors (Lipinski definition) is 1. The van der Waals surface area contributed by atoms with Gasteiger partial charge in [-0.2, -0.15) is 5.10 Å². The molecule has 0 radical (unpaired) electrons. The summed E-state index contributed by atoms with van der Waals surface area (Å²) in [4.78, 5) is 38.9. The second kappa shape index (κ2) is 7.48. The number of anilines is 2. The zero-order valence-electron chi connectivity index (χ0n) is 15.0. The standard InChI is InChI=1S/C21H18N4O3/c26-19(22-16-7-2-1-3-8-16)14-25-20(27)11-10-17(23-25)21(28)24-13-12-15-6-4-5-9-18(15)24/h1-11H,12-14H2,(H,22,26). The Morgan fingerprint density at radius 3 is 2.54 bits per heavy atom. The lowest BCUT2D eigenvalue weighted by Crippen LogP contribution is -2.34. The molecule has 3 aromatic rings. The number of hydrogen-bond acceptors (Lipinski definition) is 4. The van der Waals surface area contributed by atoms with Gasteiger partial charge in [-0.1, -0.05) is 36.4 Å². The molecule has 1 N–H and O–H groups in total. The summed E-state index contributed by atoms with van der Waals surface area (Å²) in [5, 5.41) is 6.82. The SMILES string of the molecule is O=C(Cn1nc(C(=O)N2CCc3ccccc32)ccc1=O)Nc1ccccc1. The molecule has 28 heavy (non-hydrogen) atoms.